The summed E-state index contributed by atoms with van der Waals surface area (Å²) < 4.78 is 0.743. The summed E-state index contributed by atoms with van der Waals surface area (Å²) in [6, 6.07) is 0. The minimum atomic E-state index is 0.0119. The maximum atomic E-state index is 11.7. The number of hydrogen-bond acceptors (Lipinski definition) is 2. The quantitative estimate of drug-likeness (QED) is 0.842. The lowest BCUT2D eigenvalue weighted by molar-refractivity contribution is 0.571. The van der Waals surface area contributed by atoms with Crippen LogP contribution in [0.25, 0.3) is 0 Å². The Balaban J connectivity index is 2.90. The van der Waals surface area contributed by atoms with Crippen molar-refractivity contribution in [2.45, 2.75) is 46.5 Å². The second kappa shape index (κ2) is 6.37. The molecule has 4 heteroatoms. The highest BCUT2D eigenvalue weighted by molar-refractivity contribution is 14.1. The molecule has 0 aliphatic rings. The molecule has 0 aromatic carbocycles. The number of H-pyrrole nitrogens is 1. The standard InChI is InChI=1S/C12H19IN2O/c1-4-5-9-11(13)12(16)15-10(14-9)7-6-8(2)3/h8H,4-7H2,1-3H3,(H,14,15,16). The molecule has 0 amide bonds. The average molecular weight is 334 g/mol. The molecule has 0 bridgehead atoms. The monoisotopic (exact) mass is 334 g/mol. The van der Waals surface area contributed by atoms with Crippen LogP contribution in [0.15, 0.2) is 4.79 Å². The van der Waals surface area contributed by atoms with Crippen molar-refractivity contribution in [1.82, 2.24) is 9.97 Å². The highest BCUT2D eigenvalue weighted by Gasteiger charge is 2.08. The number of aromatic amines is 1. The fourth-order valence-electron chi connectivity index (χ4n) is 1.50. The van der Waals surface area contributed by atoms with Gasteiger partial charge in [-0.05, 0) is 41.4 Å². The van der Waals surface area contributed by atoms with E-state index >= 15 is 0 Å². The lowest BCUT2D eigenvalue weighted by Crippen LogP contribution is -2.18. The van der Waals surface area contributed by atoms with E-state index in [1.807, 2.05) is 0 Å². The van der Waals surface area contributed by atoms with Crippen molar-refractivity contribution in [3.63, 3.8) is 0 Å². The van der Waals surface area contributed by atoms with Gasteiger partial charge in [0.15, 0.2) is 0 Å². The van der Waals surface area contributed by atoms with Crippen LogP contribution in [0.2, 0.25) is 0 Å². The molecule has 0 unspecified atom stereocenters. The normalized spacial score (nSPS) is 11.1. The molecule has 1 N–H and O–H groups in total. The molecule has 1 aromatic heterocycles. The summed E-state index contributed by atoms with van der Waals surface area (Å²) in [6.07, 6.45) is 3.84. The fourth-order valence-corrected chi connectivity index (χ4v) is 2.03. The summed E-state index contributed by atoms with van der Waals surface area (Å²) in [5.41, 5.74) is 0.961. The lowest BCUT2D eigenvalue weighted by Gasteiger charge is -2.07. The molecule has 1 heterocycles. The first-order valence-corrected chi connectivity index (χ1v) is 6.90. The van der Waals surface area contributed by atoms with Crippen LogP contribution in [0.5, 0.6) is 0 Å². The van der Waals surface area contributed by atoms with Crippen molar-refractivity contribution in [3.05, 3.63) is 25.4 Å². The SMILES string of the molecule is CCCc1nc(CCC(C)C)[nH]c(=O)c1I. The highest BCUT2D eigenvalue weighted by Crippen LogP contribution is 2.09. The molecule has 0 saturated carbocycles. The molecule has 0 aliphatic carbocycles. The number of hydrogen-bond donors (Lipinski definition) is 1. The zero-order chi connectivity index (χ0) is 12.1. The Bertz CT molecular complexity index is 398. The van der Waals surface area contributed by atoms with Gasteiger partial charge in [-0.15, -0.1) is 0 Å². The van der Waals surface area contributed by atoms with Gasteiger partial charge in [-0.3, -0.25) is 4.79 Å². The van der Waals surface area contributed by atoms with Gasteiger partial charge in [-0.25, -0.2) is 4.98 Å². The van der Waals surface area contributed by atoms with Gasteiger partial charge in [0.25, 0.3) is 5.56 Å². The van der Waals surface area contributed by atoms with Crippen LogP contribution in [-0.4, -0.2) is 9.97 Å². The van der Waals surface area contributed by atoms with E-state index in [1.165, 1.54) is 0 Å². The fraction of sp³-hybridized carbons (Fsp3) is 0.667. The zero-order valence-corrected chi connectivity index (χ0v) is 12.3. The molecule has 0 fully saturated rings. The Kier molecular flexibility index (Phi) is 5.44. The molecular weight excluding hydrogens is 315 g/mol. The van der Waals surface area contributed by atoms with Crippen molar-refractivity contribution in [2.75, 3.05) is 0 Å². The summed E-state index contributed by atoms with van der Waals surface area (Å²) in [4.78, 5) is 19.1. The van der Waals surface area contributed by atoms with Gasteiger partial charge in [-0.2, -0.15) is 0 Å². The van der Waals surface area contributed by atoms with Crippen molar-refractivity contribution in [1.29, 1.82) is 0 Å². The minimum Gasteiger partial charge on any atom is -0.310 e. The molecule has 0 aliphatic heterocycles. The molecule has 0 spiro atoms. The van der Waals surface area contributed by atoms with Crippen molar-refractivity contribution in [3.8, 4) is 0 Å². The van der Waals surface area contributed by atoms with E-state index < -0.39 is 0 Å². The first kappa shape index (κ1) is 13.7. The van der Waals surface area contributed by atoms with E-state index in [0.29, 0.717) is 5.92 Å². The second-order valence-electron chi connectivity index (χ2n) is 4.46. The molecule has 16 heavy (non-hydrogen) atoms. The third-order valence-electron chi connectivity index (χ3n) is 2.43. The van der Waals surface area contributed by atoms with Gasteiger partial charge in [0, 0.05) is 6.42 Å². The van der Waals surface area contributed by atoms with Crippen molar-refractivity contribution in [2.24, 2.45) is 5.92 Å². The minimum absolute atomic E-state index is 0.0119. The van der Waals surface area contributed by atoms with E-state index in [2.05, 4.69) is 53.3 Å². The third-order valence-corrected chi connectivity index (χ3v) is 3.54. The van der Waals surface area contributed by atoms with E-state index in [0.717, 1.165) is 40.8 Å². The molecule has 0 radical (unpaired) electrons. The Morgan fingerprint density at radius 1 is 1.38 bits per heavy atom. The van der Waals surface area contributed by atoms with E-state index in [1.54, 1.807) is 0 Å². The second-order valence-corrected chi connectivity index (χ2v) is 5.53. The Hall–Kier alpha value is -0.390. The van der Waals surface area contributed by atoms with Gasteiger partial charge in [0.05, 0.1) is 9.26 Å². The van der Waals surface area contributed by atoms with Crippen molar-refractivity contribution < 1.29 is 0 Å². The average Bonchev–Trinajstić information content (AvgIpc) is 2.22. The number of aromatic nitrogens is 2. The molecule has 90 valence electrons. The Morgan fingerprint density at radius 2 is 2.06 bits per heavy atom. The van der Waals surface area contributed by atoms with Crippen LogP contribution in [0.1, 0.15) is 45.1 Å². The number of halogens is 1. The van der Waals surface area contributed by atoms with Crippen LogP contribution in [0, 0.1) is 9.49 Å². The van der Waals surface area contributed by atoms with Gasteiger partial charge in [0.1, 0.15) is 5.82 Å². The van der Waals surface area contributed by atoms with Gasteiger partial charge >= 0.3 is 0 Å². The summed E-state index contributed by atoms with van der Waals surface area (Å²) in [5.74, 6) is 1.47. The van der Waals surface area contributed by atoms with Gasteiger partial charge in [0.2, 0.25) is 0 Å². The zero-order valence-electron chi connectivity index (χ0n) is 10.1. The Morgan fingerprint density at radius 3 is 2.62 bits per heavy atom. The number of nitrogens with zero attached hydrogens (tertiary/aromatic N) is 1. The Labute approximate surface area is 110 Å². The topological polar surface area (TPSA) is 45.8 Å². The number of rotatable bonds is 5. The summed E-state index contributed by atoms with van der Waals surface area (Å²) >= 11 is 2.08. The third kappa shape index (κ3) is 3.88. The molecular formula is C12H19IN2O. The van der Waals surface area contributed by atoms with E-state index in [4.69, 9.17) is 0 Å². The van der Waals surface area contributed by atoms with Crippen LogP contribution >= 0.6 is 22.6 Å². The molecule has 3 nitrogen and oxygen atoms in total. The van der Waals surface area contributed by atoms with Crippen LogP contribution in [0.4, 0.5) is 0 Å². The summed E-state index contributed by atoms with van der Waals surface area (Å²) in [6.45, 7) is 6.46. The van der Waals surface area contributed by atoms with E-state index in [-0.39, 0.29) is 5.56 Å². The maximum absolute atomic E-state index is 11.7. The van der Waals surface area contributed by atoms with Gasteiger partial charge in [-0.1, -0.05) is 27.2 Å². The predicted octanol–water partition coefficient (Wildman–Crippen LogP) is 2.92. The van der Waals surface area contributed by atoms with Crippen LogP contribution in [0.3, 0.4) is 0 Å². The number of nitrogens with one attached hydrogen (secondary N) is 1. The molecule has 1 rings (SSSR count). The largest absolute Gasteiger partial charge is 0.310 e. The number of aryl methyl sites for hydroxylation is 2. The summed E-state index contributed by atoms with van der Waals surface area (Å²) in [5, 5.41) is 0. The van der Waals surface area contributed by atoms with Crippen LogP contribution in [-0.2, 0) is 12.8 Å². The first-order chi connectivity index (χ1) is 7.54. The molecule has 0 saturated heterocycles. The highest BCUT2D eigenvalue weighted by atomic mass is 127. The van der Waals surface area contributed by atoms with Gasteiger partial charge < -0.3 is 4.98 Å². The maximum Gasteiger partial charge on any atom is 0.264 e. The summed E-state index contributed by atoms with van der Waals surface area (Å²) in [7, 11) is 0. The molecule has 1 aromatic rings. The van der Waals surface area contributed by atoms with Crippen molar-refractivity contribution >= 4 is 22.6 Å². The van der Waals surface area contributed by atoms with Crippen LogP contribution < -0.4 is 5.56 Å². The first-order valence-electron chi connectivity index (χ1n) is 5.82. The van der Waals surface area contributed by atoms with E-state index in [9.17, 15) is 4.79 Å². The lowest BCUT2D eigenvalue weighted by atomic mass is 10.1. The predicted molar refractivity (Wildman–Crippen MR) is 74.7 cm³/mol. The molecule has 0 atom stereocenters. The smallest absolute Gasteiger partial charge is 0.264 e.